The van der Waals surface area contributed by atoms with Gasteiger partial charge in [0.1, 0.15) is 0 Å². The van der Waals surface area contributed by atoms with E-state index in [1.807, 2.05) is 9.80 Å². The second-order valence-electron chi connectivity index (χ2n) is 10.0. The molecule has 33 heavy (non-hydrogen) atoms. The summed E-state index contributed by atoms with van der Waals surface area (Å²) in [6.45, 7) is 8.02. The Morgan fingerprint density at radius 2 is 1.73 bits per heavy atom. The first-order valence-electron chi connectivity index (χ1n) is 11.5. The van der Waals surface area contributed by atoms with Crippen LogP contribution in [0.15, 0.2) is 53.4 Å². The van der Waals surface area contributed by atoms with Crippen molar-refractivity contribution in [1.29, 1.82) is 0 Å². The van der Waals surface area contributed by atoms with E-state index in [0.717, 1.165) is 25.1 Å². The SMILES string of the molecule is CC1(C)CN(Cc2ccc(S(C)(=O)=O)cc2)C(O)N1CC(O)CN1CCc2ccccc2C1. The highest BCUT2D eigenvalue weighted by Crippen LogP contribution is 2.30. The molecule has 2 aromatic carbocycles. The number of rotatable bonds is 7. The van der Waals surface area contributed by atoms with Crippen LogP contribution in [0, 0.1) is 0 Å². The van der Waals surface area contributed by atoms with Crippen LogP contribution in [0.3, 0.4) is 0 Å². The van der Waals surface area contributed by atoms with Gasteiger partial charge < -0.3 is 10.2 Å². The second kappa shape index (κ2) is 9.44. The van der Waals surface area contributed by atoms with Crippen molar-refractivity contribution in [3.8, 4) is 0 Å². The zero-order chi connectivity index (χ0) is 23.8. The highest BCUT2D eigenvalue weighted by Gasteiger charge is 2.44. The number of β-amino-alcohol motifs (C(OH)–C–C–N with tert-alkyl or cyclic N) is 1. The first-order valence-corrected chi connectivity index (χ1v) is 13.4. The third-order valence-corrected chi connectivity index (χ3v) is 7.92. The van der Waals surface area contributed by atoms with Crippen LogP contribution < -0.4 is 0 Å². The number of aliphatic hydroxyl groups excluding tert-OH is 2. The molecule has 0 aliphatic carbocycles. The molecule has 2 N–H and O–H groups in total. The summed E-state index contributed by atoms with van der Waals surface area (Å²) in [7, 11) is -3.23. The third kappa shape index (κ3) is 5.65. The highest BCUT2D eigenvalue weighted by atomic mass is 32.2. The van der Waals surface area contributed by atoms with Crippen molar-refractivity contribution in [3.05, 3.63) is 65.2 Å². The first kappa shape index (κ1) is 24.3. The summed E-state index contributed by atoms with van der Waals surface area (Å²) in [5.74, 6) is 0. The molecule has 0 bridgehead atoms. The van der Waals surface area contributed by atoms with E-state index >= 15 is 0 Å². The summed E-state index contributed by atoms with van der Waals surface area (Å²) in [5.41, 5.74) is 3.35. The molecule has 1 saturated heterocycles. The quantitative estimate of drug-likeness (QED) is 0.633. The van der Waals surface area contributed by atoms with Crippen molar-refractivity contribution < 1.29 is 18.6 Å². The van der Waals surface area contributed by atoms with Crippen LogP contribution in [-0.2, 0) is 29.3 Å². The molecule has 0 radical (unpaired) electrons. The van der Waals surface area contributed by atoms with Gasteiger partial charge in [-0.05, 0) is 49.1 Å². The lowest BCUT2D eigenvalue weighted by Gasteiger charge is -2.36. The Morgan fingerprint density at radius 1 is 1.06 bits per heavy atom. The molecule has 0 saturated carbocycles. The van der Waals surface area contributed by atoms with Gasteiger partial charge in [-0.2, -0.15) is 0 Å². The fourth-order valence-electron chi connectivity index (χ4n) is 5.03. The highest BCUT2D eigenvalue weighted by molar-refractivity contribution is 7.90. The maximum Gasteiger partial charge on any atom is 0.175 e. The van der Waals surface area contributed by atoms with Crippen molar-refractivity contribution in [2.24, 2.45) is 0 Å². The van der Waals surface area contributed by atoms with Crippen LogP contribution in [-0.4, -0.2) is 83.8 Å². The number of nitrogens with zero attached hydrogens (tertiary/aromatic N) is 3. The maximum absolute atomic E-state index is 11.7. The average Bonchev–Trinajstić information content (AvgIpc) is 2.96. The van der Waals surface area contributed by atoms with Crippen molar-refractivity contribution >= 4 is 9.84 Å². The molecular formula is C25H35N3O4S. The third-order valence-electron chi connectivity index (χ3n) is 6.80. The van der Waals surface area contributed by atoms with Crippen LogP contribution in [0.5, 0.6) is 0 Å². The fourth-order valence-corrected chi connectivity index (χ4v) is 5.66. The smallest absolute Gasteiger partial charge is 0.175 e. The molecule has 4 rings (SSSR count). The van der Waals surface area contributed by atoms with Gasteiger partial charge in [0.05, 0.1) is 11.0 Å². The Balaban J connectivity index is 1.36. The zero-order valence-electron chi connectivity index (χ0n) is 19.7. The van der Waals surface area contributed by atoms with Gasteiger partial charge in [0.25, 0.3) is 0 Å². The van der Waals surface area contributed by atoms with E-state index in [2.05, 4.69) is 43.0 Å². The molecule has 0 aromatic heterocycles. The molecule has 1 fully saturated rings. The second-order valence-corrected chi connectivity index (χ2v) is 12.1. The van der Waals surface area contributed by atoms with Crippen LogP contribution in [0.25, 0.3) is 0 Å². The van der Waals surface area contributed by atoms with E-state index in [0.29, 0.717) is 31.1 Å². The van der Waals surface area contributed by atoms with E-state index in [-0.39, 0.29) is 5.54 Å². The Kier molecular flexibility index (Phi) is 6.96. The van der Waals surface area contributed by atoms with Gasteiger partial charge in [-0.15, -0.1) is 0 Å². The lowest BCUT2D eigenvalue weighted by atomic mass is 9.99. The van der Waals surface area contributed by atoms with E-state index < -0.39 is 22.3 Å². The van der Waals surface area contributed by atoms with Gasteiger partial charge in [-0.1, -0.05) is 36.4 Å². The van der Waals surface area contributed by atoms with Crippen molar-refractivity contribution in [3.63, 3.8) is 0 Å². The van der Waals surface area contributed by atoms with Gasteiger partial charge in [-0.3, -0.25) is 14.7 Å². The number of aliphatic hydroxyl groups is 2. The van der Waals surface area contributed by atoms with Crippen molar-refractivity contribution in [2.75, 3.05) is 32.4 Å². The largest absolute Gasteiger partial charge is 0.390 e. The maximum atomic E-state index is 11.7. The summed E-state index contributed by atoms with van der Waals surface area (Å²) >= 11 is 0. The Hall–Kier alpha value is -1.81. The minimum Gasteiger partial charge on any atom is -0.390 e. The summed E-state index contributed by atoms with van der Waals surface area (Å²) in [6.07, 6.45) is 0.803. The van der Waals surface area contributed by atoms with Gasteiger partial charge in [-0.25, -0.2) is 8.42 Å². The summed E-state index contributed by atoms with van der Waals surface area (Å²) in [4.78, 5) is 6.49. The van der Waals surface area contributed by atoms with Crippen molar-refractivity contribution in [2.45, 2.75) is 56.2 Å². The van der Waals surface area contributed by atoms with Crippen LogP contribution in [0.4, 0.5) is 0 Å². The molecular weight excluding hydrogens is 438 g/mol. The van der Waals surface area contributed by atoms with E-state index in [9.17, 15) is 18.6 Å². The minimum absolute atomic E-state index is 0.290. The normalized spacial score (nSPS) is 22.9. The van der Waals surface area contributed by atoms with Crippen LogP contribution in [0.2, 0.25) is 0 Å². The summed E-state index contributed by atoms with van der Waals surface area (Å²) in [5, 5.41) is 21.9. The van der Waals surface area contributed by atoms with Gasteiger partial charge in [0, 0.05) is 51.1 Å². The first-order chi connectivity index (χ1) is 15.5. The molecule has 7 nitrogen and oxygen atoms in total. The molecule has 2 aliphatic heterocycles. The van der Waals surface area contributed by atoms with E-state index in [1.54, 1.807) is 24.3 Å². The van der Waals surface area contributed by atoms with E-state index in [1.165, 1.54) is 17.4 Å². The number of fused-ring (bicyclic) bond motifs is 1. The molecule has 2 heterocycles. The molecule has 2 unspecified atom stereocenters. The van der Waals surface area contributed by atoms with Gasteiger partial charge in [0.2, 0.25) is 0 Å². The number of sulfone groups is 1. The summed E-state index contributed by atoms with van der Waals surface area (Å²) < 4.78 is 23.4. The predicted octanol–water partition coefficient (Wildman–Crippen LogP) is 1.68. The standard InChI is InChI=1S/C25H35N3O4S/c1-25(2)18-27(14-19-8-10-23(11-9-19)33(3,31)32)24(30)28(25)17-22(29)16-26-13-12-20-6-4-5-7-21(20)15-26/h4-11,22,24,29-30H,12-18H2,1-3H3. The molecule has 2 atom stereocenters. The number of hydrogen-bond acceptors (Lipinski definition) is 7. The lowest BCUT2D eigenvalue weighted by molar-refractivity contribution is -0.0936. The van der Waals surface area contributed by atoms with Gasteiger partial charge >= 0.3 is 0 Å². The van der Waals surface area contributed by atoms with Gasteiger partial charge in [0.15, 0.2) is 16.2 Å². The molecule has 0 amide bonds. The Morgan fingerprint density at radius 3 is 2.39 bits per heavy atom. The lowest BCUT2D eigenvalue weighted by Crippen LogP contribution is -2.51. The molecule has 8 heteroatoms. The van der Waals surface area contributed by atoms with Crippen LogP contribution in [0.1, 0.15) is 30.5 Å². The summed E-state index contributed by atoms with van der Waals surface area (Å²) in [6, 6.07) is 15.3. The molecule has 180 valence electrons. The Bertz CT molecular complexity index is 1070. The minimum atomic E-state index is -3.23. The fraction of sp³-hybridized carbons (Fsp3) is 0.520. The molecule has 2 aliphatic rings. The van der Waals surface area contributed by atoms with E-state index in [4.69, 9.17) is 0 Å². The monoisotopic (exact) mass is 473 g/mol. The molecule has 0 spiro atoms. The van der Waals surface area contributed by atoms with Crippen LogP contribution >= 0.6 is 0 Å². The Labute approximate surface area is 197 Å². The predicted molar refractivity (Wildman–Crippen MR) is 128 cm³/mol. The number of benzene rings is 2. The zero-order valence-corrected chi connectivity index (χ0v) is 20.5. The van der Waals surface area contributed by atoms with Crippen molar-refractivity contribution in [1.82, 2.24) is 14.7 Å². The topological polar surface area (TPSA) is 84.3 Å². The number of hydrogen-bond donors (Lipinski definition) is 2. The average molecular weight is 474 g/mol. The molecule has 2 aromatic rings.